The second-order valence-corrected chi connectivity index (χ2v) is 9.67. The van der Waals surface area contributed by atoms with Crippen LogP contribution in [0.3, 0.4) is 0 Å². The Bertz CT molecular complexity index is 1230. The summed E-state index contributed by atoms with van der Waals surface area (Å²) in [6, 6.07) is 3.42. The van der Waals surface area contributed by atoms with E-state index in [2.05, 4.69) is 52.6 Å². The van der Waals surface area contributed by atoms with Crippen molar-refractivity contribution in [1.29, 1.82) is 0 Å². The number of hydrogen-bond acceptors (Lipinski definition) is 5. The molecule has 0 radical (unpaired) electrons. The van der Waals surface area contributed by atoms with Crippen molar-refractivity contribution in [1.82, 2.24) is 15.1 Å². The SMILES string of the molecule is CC\C=C/C=N\C(=C\Cl)n1nc(C(F)(F)F)cc1C(=O)Nc1c(Br)cc(Br)cc1C(=O)NC(C)(C)O. The molecule has 0 saturated carbocycles. The van der Waals surface area contributed by atoms with Crippen molar-refractivity contribution < 1.29 is 27.9 Å². The van der Waals surface area contributed by atoms with Crippen LogP contribution >= 0.6 is 43.5 Å². The van der Waals surface area contributed by atoms with Crippen LogP contribution in [0.1, 0.15) is 53.7 Å². The molecule has 2 rings (SSSR count). The molecule has 0 bridgehead atoms. The van der Waals surface area contributed by atoms with Crippen LogP contribution in [-0.4, -0.2) is 38.6 Å². The smallest absolute Gasteiger partial charge is 0.372 e. The highest BCUT2D eigenvalue weighted by atomic mass is 79.9. The predicted molar refractivity (Wildman–Crippen MR) is 139 cm³/mol. The first kappa shape index (κ1) is 29.7. The topological polar surface area (TPSA) is 109 Å². The minimum Gasteiger partial charge on any atom is -0.372 e. The van der Waals surface area contributed by atoms with Crippen molar-refractivity contribution >= 4 is 73.0 Å². The maximum atomic E-state index is 13.4. The van der Waals surface area contributed by atoms with E-state index in [0.29, 0.717) is 21.6 Å². The molecule has 0 fully saturated rings. The molecule has 14 heteroatoms. The van der Waals surface area contributed by atoms with E-state index < -0.39 is 35.1 Å². The summed E-state index contributed by atoms with van der Waals surface area (Å²) < 4.78 is 41.6. The van der Waals surface area contributed by atoms with Crippen LogP contribution in [0.15, 0.2) is 49.8 Å². The summed E-state index contributed by atoms with van der Waals surface area (Å²) >= 11 is 12.3. The molecule has 1 aromatic carbocycles. The Morgan fingerprint density at radius 2 is 1.89 bits per heavy atom. The summed E-state index contributed by atoms with van der Waals surface area (Å²) in [7, 11) is 0. The molecule has 0 aliphatic carbocycles. The molecular formula is C22H21Br2ClF3N5O3. The van der Waals surface area contributed by atoms with Crippen LogP contribution in [-0.2, 0) is 6.18 Å². The fraction of sp³-hybridized carbons (Fsp3) is 0.273. The van der Waals surface area contributed by atoms with E-state index in [1.807, 2.05) is 6.92 Å². The third-order valence-electron chi connectivity index (χ3n) is 4.17. The van der Waals surface area contributed by atoms with Crippen molar-refractivity contribution in [3.8, 4) is 0 Å². The van der Waals surface area contributed by atoms with Crippen molar-refractivity contribution in [2.75, 3.05) is 5.32 Å². The number of allylic oxidation sites excluding steroid dienone is 2. The van der Waals surface area contributed by atoms with E-state index in [0.717, 1.165) is 5.54 Å². The number of nitrogens with zero attached hydrogens (tertiary/aromatic N) is 3. The lowest BCUT2D eigenvalue weighted by Gasteiger charge is -2.21. The highest BCUT2D eigenvalue weighted by Gasteiger charge is 2.36. The zero-order valence-corrected chi connectivity index (χ0v) is 23.0. The van der Waals surface area contributed by atoms with E-state index >= 15 is 0 Å². The largest absolute Gasteiger partial charge is 0.435 e. The van der Waals surface area contributed by atoms with Crippen molar-refractivity contribution in [2.24, 2.45) is 4.99 Å². The highest BCUT2D eigenvalue weighted by Crippen LogP contribution is 2.33. The van der Waals surface area contributed by atoms with Crippen LogP contribution in [0.2, 0.25) is 0 Å². The molecule has 1 aromatic heterocycles. The Balaban J connectivity index is 2.58. The van der Waals surface area contributed by atoms with Gasteiger partial charge in [-0.15, -0.1) is 0 Å². The summed E-state index contributed by atoms with van der Waals surface area (Å²) in [6.07, 6.45) is 0.433. The van der Waals surface area contributed by atoms with E-state index in [1.165, 1.54) is 32.2 Å². The van der Waals surface area contributed by atoms with Gasteiger partial charge >= 0.3 is 6.18 Å². The lowest BCUT2D eigenvalue weighted by molar-refractivity contribution is -0.141. The number of carbonyl (C=O) groups is 2. The standard InChI is InChI=1S/C22H21Br2ClF3N5O3/c1-4-5-6-7-29-17(11-25)33-15(10-16(32-33)22(26,27)28)20(35)30-18-13(8-12(23)9-14(18)24)19(34)31-21(2,3)36/h5-11,36H,4H2,1-3H3,(H,30,35)(H,31,34)/b6-5-,17-11-,29-7-. The Morgan fingerprint density at radius 1 is 1.22 bits per heavy atom. The Kier molecular flexibility index (Phi) is 10.1. The van der Waals surface area contributed by atoms with E-state index in [1.54, 1.807) is 12.2 Å². The number of benzene rings is 1. The Morgan fingerprint density at radius 3 is 2.44 bits per heavy atom. The number of alkyl halides is 3. The Hall–Kier alpha value is -2.48. The maximum Gasteiger partial charge on any atom is 0.435 e. The molecule has 194 valence electrons. The summed E-state index contributed by atoms with van der Waals surface area (Å²) in [5.41, 5.74) is -2.75. The normalized spacial score (nSPS) is 13.0. The fourth-order valence-electron chi connectivity index (χ4n) is 2.70. The van der Waals surface area contributed by atoms with E-state index in [9.17, 15) is 27.9 Å². The van der Waals surface area contributed by atoms with Crippen LogP contribution in [0.25, 0.3) is 5.82 Å². The van der Waals surface area contributed by atoms with Gasteiger partial charge in [0.1, 0.15) is 11.4 Å². The zero-order valence-electron chi connectivity index (χ0n) is 19.1. The molecule has 0 saturated heterocycles. The number of hydrogen-bond donors (Lipinski definition) is 3. The third-order valence-corrected chi connectivity index (χ3v) is 5.45. The number of anilines is 1. The minimum absolute atomic E-state index is 0.0583. The van der Waals surface area contributed by atoms with Gasteiger partial charge in [0, 0.05) is 26.8 Å². The minimum atomic E-state index is -4.86. The number of aromatic nitrogens is 2. The van der Waals surface area contributed by atoms with Crippen molar-refractivity contribution in [3.05, 3.63) is 61.8 Å². The quantitative estimate of drug-likeness (QED) is 0.234. The first-order chi connectivity index (χ1) is 16.7. The monoisotopic (exact) mass is 653 g/mol. The maximum absolute atomic E-state index is 13.4. The van der Waals surface area contributed by atoms with Crippen LogP contribution < -0.4 is 10.6 Å². The molecule has 0 aliphatic heterocycles. The number of halogens is 6. The molecule has 3 N–H and O–H groups in total. The summed E-state index contributed by atoms with van der Waals surface area (Å²) in [4.78, 5) is 29.9. The van der Waals surface area contributed by atoms with Gasteiger partial charge in [0.25, 0.3) is 11.8 Å². The van der Waals surface area contributed by atoms with Gasteiger partial charge in [-0.3, -0.25) is 9.59 Å². The first-order valence-corrected chi connectivity index (χ1v) is 12.2. The summed E-state index contributed by atoms with van der Waals surface area (Å²) in [5.74, 6) is -2.04. The second-order valence-electron chi connectivity index (χ2n) is 7.68. The van der Waals surface area contributed by atoms with E-state index in [-0.39, 0.29) is 21.5 Å². The van der Waals surface area contributed by atoms with Gasteiger partial charge in [0.15, 0.2) is 11.5 Å². The van der Waals surface area contributed by atoms with Crippen molar-refractivity contribution in [3.63, 3.8) is 0 Å². The number of nitrogens with one attached hydrogen (secondary N) is 2. The lowest BCUT2D eigenvalue weighted by Crippen LogP contribution is -2.43. The van der Waals surface area contributed by atoms with Crippen LogP contribution in [0.5, 0.6) is 0 Å². The van der Waals surface area contributed by atoms with Crippen LogP contribution in [0.4, 0.5) is 18.9 Å². The Labute approximate surface area is 226 Å². The van der Waals surface area contributed by atoms with Gasteiger partial charge in [-0.2, -0.15) is 18.3 Å². The molecule has 8 nitrogen and oxygen atoms in total. The number of rotatable bonds is 8. The van der Waals surface area contributed by atoms with Gasteiger partial charge < -0.3 is 15.7 Å². The third kappa shape index (κ3) is 8.02. The molecule has 36 heavy (non-hydrogen) atoms. The number of aliphatic hydroxyl groups is 1. The van der Waals surface area contributed by atoms with Crippen molar-refractivity contribution in [2.45, 2.75) is 39.1 Å². The molecule has 0 spiro atoms. The first-order valence-electron chi connectivity index (χ1n) is 10.2. The van der Waals surface area contributed by atoms with Crippen LogP contribution in [0, 0.1) is 0 Å². The fourth-order valence-corrected chi connectivity index (χ4v) is 4.18. The second kappa shape index (κ2) is 12.2. The van der Waals surface area contributed by atoms with Gasteiger partial charge in [0.05, 0.1) is 11.3 Å². The molecular weight excluding hydrogens is 635 g/mol. The number of amides is 2. The molecule has 2 amide bonds. The van der Waals surface area contributed by atoms with Gasteiger partial charge in [0.2, 0.25) is 0 Å². The average molecular weight is 656 g/mol. The molecule has 0 atom stereocenters. The highest BCUT2D eigenvalue weighted by molar-refractivity contribution is 9.11. The molecule has 2 aromatic rings. The predicted octanol–water partition coefficient (Wildman–Crippen LogP) is 6.17. The molecule has 0 aliphatic rings. The van der Waals surface area contributed by atoms with Gasteiger partial charge in [-0.1, -0.05) is 40.5 Å². The summed E-state index contributed by atoms with van der Waals surface area (Å²) in [5, 5.41) is 18.2. The average Bonchev–Trinajstić information content (AvgIpc) is 3.20. The summed E-state index contributed by atoms with van der Waals surface area (Å²) in [6.45, 7) is 4.55. The molecule has 0 unspecified atom stereocenters. The lowest BCUT2D eigenvalue weighted by atomic mass is 10.1. The number of aliphatic imine (C=N–C) groups is 1. The molecule has 1 heterocycles. The van der Waals surface area contributed by atoms with Gasteiger partial charge in [-0.25, -0.2) is 9.67 Å². The zero-order chi connectivity index (χ0) is 27.3. The van der Waals surface area contributed by atoms with Gasteiger partial charge in [-0.05, 0) is 54.4 Å². The number of carbonyl (C=O) groups excluding carboxylic acids is 2. The van der Waals surface area contributed by atoms with E-state index in [4.69, 9.17) is 11.6 Å².